The van der Waals surface area contributed by atoms with E-state index in [0.717, 1.165) is 11.8 Å². The monoisotopic (exact) mass is 625 g/mol. The van der Waals surface area contributed by atoms with Gasteiger partial charge in [-0.25, -0.2) is 0 Å². The molecule has 2 aromatic carbocycles. The number of nitrogens with one attached hydrogen (secondary N) is 1. The summed E-state index contributed by atoms with van der Waals surface area (Å²) >= 11 is 14.7. The second-order valence-corrected chi connectivity index (χ2v) is 12.1. The van der Waals surface area contributed by atoms with Gasteiger partial charge >= 0.3 is 0 Å². The number of benzene rings is 2. The minimum atomic E-state index is -0.692. The van der Waals surface area contributed by atoms with Crippen molar-refractivity contribution in [1.29, 1.82) is 5.26 Å². The highest BCUT2D eigenvalue weighted by atomic mass is 35.5. The average Bonchev–Trinajstić information content (AvgIpc) is 3.41. The van der Waals surface area contributed by atoms with E-state index in [1.165, 1.54) is 17.4 Å². The molecule has 3 aromatic rings. The average molecular weight is 627 g/mol. The van der Waals surface area contributed by atoms with Gasteiger partial charge in [0.1, 0.15) is 5.82 Å². The van der Waals surface area contributed by atoms with E-state index in [4.69, 9.17) is 34.7 Å². The maximum atomic E-state index is 13.3. The largest absolute Gasteiger partial charge is 0.384 e. The van der Waals surface area contributed by atoms with Crippen LogP contribution in [0.5, 0.6) is 0 Å². The maximum absolute atomic E-state index is 13.3. The van der Waals surface area contributed by atoms with Gasteiger partial charge < -0.3 is 16.8 Å². The number of ketones is 1. The summed E-state index contributed by atoms with van der Waals surface area (Å²) in [6.07, 6.45) is 1.50. The van der Waals surface area contributed by atoms with E-state index >= 15 is 0 Å². The van der Waals surface area contributed by atoms with Crippen LogP contribution in [0.3, 0.4) is 0 Å². The van der Waals surface area contributed by atoms with Gasteiger partial charge in [-0.2, -0.15) is 5.26 Å². The molecule has 0 bridgehead atoms. The highest BCUT2D eigenvalue weighted by Gasteiger charge is 2.41. The number of primary amides is 1. The van der Waals surface area contributed by atoms with Crippen LogP contribution >= 0.6 is 46.3 Å². The van der Waals surface area contributed by atoms with Crippen LogP contribution < -0.4 is 21.7 Å². The number of halogens is 2. The van der Waals surface area contributed by atoms with E-state index in [2.05, 4.69) is 21.6 Å². The van der Waals surface area contributed by atoms with Crippen molar-refractivity contribution in [2.75, 3.05) is 16.0 Å². The number of nitrogens with two attached hydrogens (primary N) is 2. The number of allylic oxidation sites excluding steroid dienone is 3. The van der Waals surface area contributed by atoms with E-state index < -0.39 is 11.8 Å². The molecule has 1 aliphatic carbocycles. The molecule has 0 saturated heterocycles. The summed E-state index contributed by atoms with van der Waals surface area (Å²) in [4.78, 5) is 39.1. The molecule has 14 heteroatoms. The quantitative estimate of drug-likeness (QED) is 0.306. The van der Waals surface area contributed by atoms with Gasteiger partial charge in [0.05, 0.1) is 44.6 Å². The van der Waals surface area contributed by atoms with Crippen molar-refractivity contribution in [3.05, 3.63) is 86.3 Å². The van der Waals surface area contributed by atoms with Crippen LogP contribution in [0.25, 0.3) is 0 Å². The van der Waals surface area contributed by atoms with E-state index in [1.807, 2.05) is 0 Å². The van der Waals surface area contributed by atoms with Gasteiger partial charge in [0.15, 0.2) is 10.1 Å². The first-order chi connectivity index (χ1) is 19.7. The SMILES string of the molecule is N#CC1=C(N)N(c2nnc(SCC(=O)Nc3ccccc3C(N)=O)s2)C2=C(C(=O)CCC2)C1c1ccc(Cl)c(Cl)c1. The third-order valence-corrected chi connectivity index (χ3v) is 9.35. The summed E-state index contributed by atoms with van der Waals surface area (Å²) in [5, 5.41) is 22.3. The van der Waals surface area contributed by atoms with Crippen LogP contribution in [0.2, 0.25) is 10.0 Å². The fraction of sp³-hybridized carbons (Fsp3) is 0.185. The Kier molecular flexibility index (Phi) is 8.32. The summed E-state index contributed by atoms with van der Waals surface area (Å²) in [5.41, 5.74) is 14.4. The van der Waals surface area contributed by atoms with Crippen molar-refractivity contribution in [3.8, 4) is 6.07 Å². The molecule has 5 N–H and O–H groups in total. The highest BCUT2D eigenvalue weighted by Crippen LogP contribution is 2.47. The van der Waals surface area contributed by atoms with E-state index in [1.54, 1.807) is 41.3 Å². The van der Waals surface area contributed by atoms with Gasteiger partial charge in [-0.05, 0) is 42.7 Å². The number of carbonyl (C=O) groups excluding carboxylic acids is 3. The Labute approximate surface area is 253 Å². The minimum absolute atomic E-state index is 0.0116. The van der Waals surface area contributed by atoms with E-state index in [-0.39, 0.29) is 34.4 Å². The maximum Gasteiger partial charge on any atom is 0.250 e. The number of rotatable bonds is 7. The number of Topliss-reactive ketones (excluding diaryl/α,β-unsaturated/α-hetero) is 1. The van der Waals surface area contributed by atoms with Crippen molar-refractivity contribution in [1.82, 2.24) is 10.2 Å². The standard InChI is InChI=1S/C27H21Cl2N7O3S2/c28-16-9-8-13(10-17(16)29)22-15(11-30)24(31)36(19-6-3-7-20(37)23(19)22)26-34-35-27(41-26)40-12-21(38)33-18-5-2-1-4-14(18)25(32)39/h1-2,4-5,8-10,22H,3,6-7,12,31H2,(H2,32,39)(H,33,38). The van der Waals surface area contributed by atoms with Crippen LogP contribution in [0, 0.1) is 11.3 Å². The van der Waals surface area contributed by atoms with Crippen molar-refractivity contribution >= 4 is 74.7 Å². The molecule has 0 spiro atoms. The third-order valence-electron chi connectivity index (χ3n) is 6.57. The number of nitrogens with zero attached hydrogens (tertiary/aromatic N) is 4. The van der Waals surface area contributed by atoms with Crippen LogP contribution in [-0.2, 0) is 9.59 Å². The van der Waals surface area contributed by atoms with Crippen molar-refractivity contribution in [2.24, 2.45) is 11.5 Å². The van der Waals surface area contributed by atoms with Crippen molar-refractivity contribution in [3.63, 3.8) is 0 Å². The Morgan fingerprint density at radius 1 is 1.17 bits per heavy atom. The minimum Gasteiger partial charge on any atom is -0.384 e. The molecule has 2 aliphatic rings. The molecule has 5 rings (SSSR count). The molecule has 2 amide bonds. The topological polar surface area (TPSA) is 168 Å². The molecule has 0 saturated carbocycles. The normalized spacial score (nSPS) is 16.9. The molecule has 0 radical (unpaired) electrons. The first-order valence-corrected chi connectivity index (χ1v) is 14.8. The lowest BCUT2D eigenvalue weighted by molar-refractivity contribution is -0.116. The number of hydrogen-bond donors (Lipinski definition) is 3. The van der Waals surface area contributed by atoms with E-state index in [0.29, 0.717) is 61.3 Å². The molecular weight excluding hydrogens is 605 g/mol. The summed E-state index contributed by atoms with van der Waals surface area (Å²) in [6, 6.07) is 13.6. The molecule has 0 fully saturated rings. The van der Waals surface area contributed by atoms with E-state index in [9.17, 15) is 19.6 Å². The lowest BCUT2D eigenvalue weighted by Crippen LogP contribution is -2.38. The zero-order valence-electron chi connectivity index (χ0n) is 21.2. The predicted molar refractivity (Wildman–Crippen MR) is 159 cm³/mol. The summed E-state index contributed by atoms with van der Waals surface area (Å²) in [6.45, 7) is 0. The number of aromatic nitrogens is 2. The van der Waals surface area contributed by atoms with Crippen LogP contribution in [0.1, 0.15) is 41.1 Å². The molecule has 1 aromatic heterocycles. The third kappa shape index (κ3) is 5.67. The Morgan fingerprint density at radius 2 is 1.95 bits per heavy atom. The van der Waals surface area contributed by atoms with Crippen molar-refractivity contribution < 1.29 is 14.4 Å². The number of nitriles is 1. The molecule has 2 heterocycles. The molecule has 208 valence electrons. The second-order valence-electron chi connectivity index (χ2n) is 9.09. The van der Waals surface area contributed by atoms with Crippen LogP contribution in [0.15, 0.2) is 69.5 Å². The second kappa shape index (κ2) is 11.9. The number of anilines is 2. The van der Waals surface area contributed by atoms with Gasteiger partial charge in [0.2, 0.25) is 11.0 Å². The fourth-order valence-electron chi connectivity index (χ4n) is 4.80. The molecule has 1 atom stereocenters. The summed E-state index contributed by atoms with van der Waals surface area (Å²) < 4.78 is 0.473. The summed E-state index contributed by atoms with van der Waals surface area (Å²) in [5.74, 6) is -1.66. The fourth-order valence-corrected chi connectivity index (χ4v) is 6.79. The zero-order valence-corrected chi connectivity index (χ0v) is 24.3. The van der Waals surface area contributed by atoms with Gasteiger partial charge in [0.25, 0.3) is 5.91 Å². The number of amides is 2. The van der Waals surface area contributed by atoms with Gasteiger partial charge in [-0.1, -0.05) is 64.5 Å². The predicted octanol–water partition coefficient (Wildman–Crippen LogP) is 4.98. The molecule has 1 unspecified atom stereocenters. The van der Waals surface area contributed by atoms with Crippen molar-refractivity contribution in [2.45, 2.75) is 29.5 Å². The lowest BCUT2D eigenvalue weighted by atomic mass is 9.76. The Balaban J connectivity index is 1.42. The van der Waals surface area contributed by atoms with Gasteiger partial charge in [-0.15, -0.1) is 10.2 Å². The molecule has 41 heavy (non-hydrogen) atoms. The number of thioether (sulfide) groups is 1. The Hall–Kier alpha value is -3.89. The number of hydrogen-bond acceptors (Lipinski definition) is 10. The van der Waals surface area contributed by atoms with Gasteiger partial charge in [0, 0.05) is 17.7 Å². The van der Waals surface area contributed by atoms with Crippen LogP contribution in [-0.4, -0.2) is 33.5 Å². The lowest BCUT2D eigenvalue weighted by Gasteiger charge is -2.38. The molecule has 10 nitrogen and oxygen atoms in total. The summed E-state index contributed by atoms with van der Waals surface area (Å²) in [7, 11) is 0. The first kappa shape index (κ1) is 28.6. The smallest absolute Gasteiger partial charge is 0.250 e. The highest BCUT2D eigenvalue weighted by molar-refractivity contribution is 8.01. The number of para-hydroxylation sites is 1. The molecule has 1 aliphatic heterocycles. The zero-order chi connectivity index (χ0) is 29.3. The Morgan fingerprint density at radius 3 is 2.68 bits per heavy atom. The van der Waals surface area contributed by atoms with Crippen LogP contribution in [0.4, 0.5) is 10.8 Å². The van der Waals surface area contributed by atoms with Gasteiger partial charge in [-0.3, -0.25) is 19.3 Å². The number of carbonyl (C=O) groups is 3. The molecular formula is C27H21Cl2N7O3S2. The first-order valence-electron chi connectivity index (χ1n) is 12.3. The Bertz CT molecular complexity index is 1700.